The molecule has 0 aliphatic rings. The molecule has 6 heteroatoms. The number of para-hydroxylation sites is 1. The molecular formula is C18H21N3O3. The first kappa shape index (κ1) is 16.3. The predicted octanol–water partition coefficient (Wildman–Crippen LogP) is 3.76. The lowest BCUT2D eigenvalue weighted by atomic mass is 10.1. The van der Waals surface area contributed by atoms with Crippen LogP contribution < -0.4 is 10.1 Å². The number of nitrogens with zero attached hydrogens (tertiary/aromatic N) is 1. The number of rotatable bonds is 8. The summed E-state index contributed by atoms with van der Waals surface area (Å²) in [6, 6.07) is 14.3. The van der Waals surface area contributed by atoms with E-state index in [9.17, 15) is 4.91 Å². The highest BCUT2D eigenvalue weighted by Crippen LogP contribution is 2.33. The largest absolute Gasteiger partial charge is 0.489 e. The van der Waals surface area contributed by atoms with Crippen LogP contribution in [0, 0.1) is 4.91 Å². The minimum atomic E-state index is -0.439. The van der Waals surface area contributed by atoms with Gasteiger partial charge in [0.2, 0.25) is 0 Å². The molecule has 1 atom stereocenters. The zero-order chi connectivity index (χ0) is 16.9. The molecule has 1 unspecified atom stereocenters. The average Bonchev–Trinajstić information content (AvgIpc) is 2.96. The van der Waals surface area contributed by atoms with Crippen LogP contribution in [0.25, 0.3) is 21.8 Å². The van der Waals surface area contributed by atoms with E-state index in [2.05, 4.69) is 21.7 Å². The van der Waals surface area contributed by atoms with E-state index in [-0.39, 0.29) is 6.61 Å². The molecule has 0 saturated heterocycles. The van der Waals surface area contributed by atoms with Gasteiger partial charge in [-0.25, -0.2) is 0 Å². The van der Waals surface area contributed by atoms with Crippen LogP contribution in [0.5, 0.6) is 5.75 Å². The molecule has 0 spiro atoms. The predicted molar refractivity (Wildman–Crippen MR) is 95.1 cm³/mol. The SMILES string of the molecule is CC(C)NCC(COc1cccc2[nH]c3ccccc3c12)ON=O. The zero-order valence-electron chi connectivity index (χ0n) is 13.8. The van der Waals surface area contributed by atoms with E-state index in [1.807, 2.05) is 50.2 Å². The summed E-state index contributed by atoms with van der Waals surface area (Å²) in [5.41, 5.74) is 2.08. The van der Waals surface area contributed by atoms with Gasteiger partial charge in [-0.3, -0.25) is 0 Å². The summed E-state index contributed by atoms with van der Waals surface area (Å²) in [4.78, 5) is 18.7. The van der Waals surface area contributed by atoms with Crippen molar-refractivity contribution in [2.24, 2.45) is 5.34 Å². The minimum Gasteiger partial charge on any atom is -0.489 e. The molecule has 0 amide bonds. The first-order chi connectivity index (χ1) is 11.7. The quantitative estimate of drug-likeness (QED) is 0.488. The fourth-order valence-corrected chi connectivity index (χ4v) is 2.73. The molecule has 6 nitrogen and oxygen atoms in total. The van der Waals surface area contributed by atoms with Crippen molar-refractivity contribution in [3.05, 3.63) is 47.4 Å². The second-order valence-corrected chi connectivity index (χ2v) is 6.03. The number of fused-ring (bicyclic) bond motifs is 3. The summed E-state index contributed by atoms with van der Waals surface area (Å²) in [5.74, 6) is 0.758. The fraction of sp³-hybridized carbons (Fsp3) is 0.333. The van der Waals surface area contributed by atoms with Crippen molar-refractivity contribution in [2.75, 3.05) is 13.2 Å². The highest BCUT2D eigenvalue weighted by Gasteiger charge is 2.15. The van der Waals surface area contributed by atoms with Crippen molar-refractivity contribution >= 4 is 21.8 Å². The lowest BCUT2D eigenvalue weighted by Gasteiger charge is -2.17. The van der Waals surface area contributed by atoms with E-state index < -0.39 is 6.10 Å². The van der Waals surface area contributed by atoms with E-state index in [1.165, 1.54) is 0 Å². The molecule has 1 aromatic heterocycles. The fourth-order valence-electron chi connectivity index (χ4n) is 2.73. The van der Waals surface area contributed by atoms with Crippen LogP contribution in [0.2, 0.25) is 0 Å². The summed E-state index contributed by atoms with van der Waals surface area (Å²) in [6.07, 6.45) is -0.439. The first-order valence-corrected chi connectivity index (χ1v) is 8.03. The Bertz CT molecular complexity index is 829. The lowest BCUT2D eigenvalue weighted by molar-refractivity contribution is 0.0211. The van der Waals surface area contributed by atoms with Crippen molar-refractivity contribution in [3.8, 4) is 5.75 Å². The third-order valence-electron chi connectivity index (χ3n) is 3.86. The highest BCUT2D eigenvalue weighted by atomic mass is 16.7. The summed E-state index contributed by atoms with van der Waals surface area (Å²) >= 11 is 0. The Kier molecular flexibility index (Phi) is 4.96. The van der Waals surface area contributed by atoms with Crippen molar-refractivity contribution in [1.82, 2.24) is 10.3 Å². The normalized spacial score (nSPS) is 12.6. The number of benzene rings is 2. The molecule has 0 radical (unpaired) electrons. The second-order valence-electron chi connectivity index (χ2n) is 6.03. The molecule has 2 N–H and O–H groups in total. The molecular weight excluding hydrogens is 306 g/mol. The van der Waals surface area contributed by atoms with Gasteiger partial charge in [-0.2, -0.15) is 0 Å². The number of H-pyrrole nitrogens is 1. The molecule has 126 valence electrons. The molecule has 0 saturated carbocycles. The Labute approximate surface area is 140 Å². The molecule has 3 aromatic rings. The summed E-state index contributed by atoms with van der Waals surface area (Å²) in [6.45, 7) is 4.79. The van der Waals surface area contributed by atoms with Crippen molar-refractivity contribution < 1.29 is 9.57 Å². The van der Waals surface area contributed by atoms with Gasteiger partial charge in [-0.05, 0) is 18.2 Å². The maximum Gasteiger partial charge on any atom is 0.176 e. The van der Waals surface area contributed by atoms with Crippen LogP contribution in [-0.4, -0.2) is 30.3 Å². The van der Waals surface area contributed by atoms with Gasteiger partial charge in [-0.15, -0.1) is 4.91 Å². The van der Waals surface area contributed by atoms with Gasteiger partial charge in [0.15, 0.2) is 11.4 Å². The third kappa shape index (κ3) is 3.49. The van der Waals surface area contributed by atoms with E-state index >= 15 is 0 Å². The van der Waals surface area contributed by atoms with Crippen LogP contribution >= 0.6 is 0 Å². The third-order valence-corrected chi connectivity index (χ3v) is 3.86. The van der Waals surface area contributed by atoms with E-state index in [0.29, 0.717) is 12.6 Å². The smallest absolute Gasteiger partial charge is 0.176 e. The van der Waals surface area contributed by atoms with Crippen molar-refractivity contribution in [3.63, 3.8) is 0 Å². The molecule has 0 fully saturated rings. The van der Waals surface area contributed by atoms with E-state index in [4.69, 9.17) is 9.57 Å². The number of aromatic nitrogens is 1. The van der Waals surface area contributed by atoms with Gasteiger partial charge >= 0.3 is 0 Å². The Hall–Kier alpha value is -2.60. The topological polar surface area (TPSA) is 75.7 Å². The monoisotopic (exact) mass is 327 g/mol. The second kappa shape index (κ2) is 7.31. The minimum absolute atomic E-state index is 0.240. The standard InChI is InChI=1S/C18H21N3O3/c1-12(2)19-10-13(24-21-22)11-23-17-9-5-8-16-18(17)14-6-3-4-7-15(14)20-16/h3-9,12-13,19-20H,10-11H2,1-2H3. The molecule has 24 heavy (non-hydrogen) atoms. The van der Waals surface area contributed by atoms with Gasteiger partial charge in [-0.1, -0.05) is 38.1 Å². The molecule has 3 rings (SSSR count). The average molecular weight is 327 g/mol. The first-order valence-electron chi connectivity index (χ1n) is 8.03. The Balaban J connectivity index is 1.82. The van der Waals surface area contributed by atoms with Crippen molar-refractivity contribution in [2.45, 2.75) is 26.0 Å². The molecule has 2 aromatic carbocycles. The van der Waals surface area contributed by atoms with Crippen LogP contribution in [0.15, 0.2) is 47.8 Å². The number of aromatic amines is 1. The number of hydrogen-bond donors (Lipinski definition) is 2. The molecule has 0 bridgehead atoms. The van der Waals surface area contributed by atoms with Gasteiger partial charge in [0, 0.05) is 28.9 Å². The van der Waals surface area contributed by atoms with Gasteiger partial charge in [0.1, 0.15) is 12.4 Å². The lowest BCUT2D eigenvalue weighted by Crippen LogP contribution is -2.36. The van der Waals surface area contributed by atoms with Gasteiger partial charge in [0.25, 0.3) is 0 Å². The number of ether oxygens (including phenoxy) is 1. The molecule has 0 aliphatic carbocycles. The Morgan fingerprint density at radius 1 is 1.12 bits per heavy atom. The Morgan fingerprint density at radius 2 is 1.92 bits per heavy atom. The Morgan fingerprint density at radius 3 is 2.71 bits per heavy atom. The van der Waals surface area contributed by atoms with Crippen molar-refractivity contribution in [1.29, 1.82) is 0 Å². The number of hydrogen-bond acceptors (Lipinski definition) is 5. The van der Waals surface area contributed by atoms with Crippen LogP contribution in [0.3, 0.4) is 0 Å². The van der Waals surface area contributed by atoms with Crippen LogP contribution in [0.4, 0.5) is 0 Å². The highest BCUT2D eigenvalue weighted by molar-refractivity contribution is 6.10. The molecule has 1 heterocycles. The van der Waals surface area contributed by atoms with E-state index in [0.717, 1.165) is 27.6 Å². The van der Waals surface area contributed by atoms with Crippen LogP contribution in [0.1, 0.15) is 13.8 Å². The maximum atomic E-state index is 10.5. The van der Waals surface area contributed by atoms with E-state index in [1.54, 1.807) is 0 Å². The number of nitrogens with one attached hydrogen (secondary N) is 2. The van der Waals surface area contributed by atoms with Crippen LogP contribution in [-0.2, 0) is 4.84 Å². The summed E-state index contributed by atoms with van der Waals surface area (Å²) in [7, 11) is 0. The molecule has 0 aliphatic heterocycles. The van der Waals surface area contributed by atoms with Gasteiger partial charge < -0.3 is 19.9 Å². The maximum absolute atomic E-state index is 10.5. The van der Waals surface area contributed by atoms with Gasteiger partial charge in [0.05, 0.1) is 5.52 Å². The summed E-state index contributed by atoms with van der Waals surface area (Å²) < 4.78 is 5.95. The summed E-state index contributed by atoms with van der Waals surface area (Å²) in [5, 5.41) is 7.91. The zero-order valence-corrected chi connectivity index (χ0v) is 13.8.